The fraction of sp³-hybridized carbons (Fsp3) is 0.100. The Labute approximate surface area is 90.1 Å². The second kappa shape index (κ2) is 4.43. The number of benzene rings is 1. The molecular weight excluding hydrogens is 216 g/mol. The fourth-order valence-electron chi connectivity index (χ4n) is 1.16. The Bertz CT molecular complexity index is 462. The number of rotatable bonds is 2. The normalized spacial score (nSPS) is 9.56. The van der Waals surface area contributed by atoms with Crippen LogP contribution in [0.15, 0.2) is 18.2 Å². The van der Waals surface area contributed by atoms with Crippen LogP contribution in [-0.4, -0.2) is 28.3 Å². The lowest BCUT2D eigenvalue weighted by atomic mass is 10.1. The van der Waals surface area contributed by atoms with E-state index in [-0.39, 0.29) is 11.1 Å². The molecule has 0 aliphatic carbocycles. The van der Waals surface area contributed by atoms with Gasteiger partial charge in [0, 0.05) is 0 Å². The molecule has 0 bridgehead atoms. The quantitative estimate of drug-likeness (QED) is 0.583. The zero-order chi connectivity index (χ0) is 12.3. The van der Waals surface area contributed by atoms with Gasteiger partial charge in [0.05, 0.1) is 11.1 Å². The van der Waals surface area contributed by atoms with Crippen molar-refractivity contribution in [3.63, 3.8) is 0 Å². The van der Waals surface area contributed by atoms with Gasteiger partial charge in [0.25, 0.3) is 0 Å². The first kappa shape index (κ1) is 11.7. The molecule has 0 aromatic heterocycles. The summed E-state index contributed by atoms with van der Waals surface area (Å²) in [5, 5.41) is 17.0. The topological polar surface area (TPSA) is 101 Å². The predicted molar refractivity (Wildman–Crippen MR) is 51.6 cm³/mol. The van der Waals surface area contributed by atoms with E-state index in [2.05, 4.69) is 4.74 Å². The maximum absolute atomic E-state index is 11.2. The van der Waals surface area contributed by atoms with E-state index >= 15 is 0 Å². The highest BCUT2D eigenvalue weighted by Gasteiger charge is 2.14. The Hall–Kier alpha value is -2.37. The average molecular weight is 224 g/mol. The van der Waals surface area contributed by atoms with Crippen molar-refractivity contribution in [1.82, 2.24) is 0 Å². The standard InChI is InChI=1S/C10H8O6/c1-5-2-6(8(11)12)4-7(3-5)9(13)16-10(14)15/h2-4H,1H3,(H,11,12)(H,14,15). The Morgan fingerprint density at radius 1 is 1.06 bits per heavy atom. The largest absolute Gasteiger partial charge is 0.513 e. The van der Waals surface area contributed by atoms with Crippen LogP contribution in [-0.2, 0) is 4.74 Å². The molecule has 0 atom stereocenters. The van der Waals surface area contributed by atoms with E-state index in [1.807, 2.05) is 0 Å². The van der Waals surface area contributed by atoms with Gasteiger partial charge in [-0.3, -0.25) is 0 Å². The molecule has 1 aromatic rings. The summed E-state index contributed by atoms with van der Waals surface area (Å²) < 4.78 is 3.91. The van der Waals surface area contributed by atoms with E-state index in [0.29, 0.717) is 5.56 Å². The van der Waals surface area contributed by atoms with Crippen molar-refractivity contribution in [3.8, 4) is 0 Å². The smallest absolute Gasteiger partial charge is 0.478 e. The van der Waals surface area contributed by atoms with E-state index < -0.39 is 18.1 Å². The van der Waals surface area contributed by atoms with Crippen molar-refractivity contribution in [2.75, 3.05) is 0 Å². The van der Waals surface area contributed by atoms with Crippen LogP contribution in [0.1, 0.15) is 26.3 Å². The molecule has 0 aliphatic heterocycles. The molecule has 0 saturated carbocycles. The van der Waals surface area contributed by atoms with Crippen molar-refractivity contribution in [2.24, 2.45) is 0 Å². The van der Waals surface area contributed by atoms with Crippen LogP contribution in [0.4, 0.5) is 4.79 Å². The lowest BCUT2D eigenvalue weighted by Gasteiger charge is -2.02. The third-order valence-electron chi connectivity index (χ3n) is 1.74. The van der Waals surface area contributed by atoms with Gasteiger partial charge in [-0.1, -0.05) is 0 Å². The number of ether oxygens (including phenoxy) is 1. The number of carboxylic acid groups (broad SMARTS) is 2. The zero-order valence-electron chi connectivity index (χ0n) is 8.26. The van der Waals surface area contributed by atoms with Gasteiger partial charge >= 0.3 is 18.1 Å². The van der Waals surface area contributed by atoms with Gasteiger partial charge in [0.2, 0.25) is 0 Å². The van der Waals surface area contributed by atoms with Crippen molar-refractivity contribution in [1.29, 1.82) is 0 Å². The van der Waals surface area contributed by atoms with Gasteiger partial charge in [0.15, 0.2) is 0 Å². The van der Waals surface area contributed by atoms with Crippen molar-refractivity contribution in [2.45, 2.75) is 6.92 Å². The summed E-state index contributed by atoms with van der Waals surface area (Å²) in [6.45, 7) is 1.59. The number of hydrogen-bond donors (Lipinski definition) is 2. The first-order valence-electron chi connectivity index (χ1n) is 4.20. The van der Waals surface area contributed by atoms with E-state index in [9.17, 15) is 14.4 Å². The SMILES string of the molecule is Cc1cc(C(=O)O)cc(C(=O)OC(=O)O)c1. The molecule has 0 heterocycles. The molecule has 1 aromatic carbocycles. The molecule has 0 spiro atoms. The van der Waals surface area contributed by atoms with Crippen LogP contribution < -0.4 is 0 Å². The maximum atomic E-state index is 11.2. The lowest BCUT2D eigenvalue weighted by molar-refractivity contribution is 0.0509. The Morgan fingerprint density at radius 3 is 2.12 bits per heavy atom. The van der Waals surface area contributed by atoms with E-state index in [1.165, 1.54) is 12.1 Å². The number of carboxylic acids is 1. The van der Waals surface area contributed by atoms with Crippen LogP contribution >= 0.6 is 0 Å². The van der Waals surface area contributed by atoms with Gasteiger partial charge in [0.1, 0.15) is 0 Å². The summed E-state index contributed by atoms with van der Waals surface area (Å²) >= 11 is 0. The van der Waals surface area contributed by atoms with Gasteiger partial charge in [-0.25, -0.2) is 14.4 Å². The monoisotopic (exact) mass is 224 g/mol. The van der Waals surface area contributed by atoms with Crippen LogP contribution in [0.5, 0.6) is 0 Å². The van der Waals surface area contributed by atoms with Gasteiger partial charge in [-0.15, -0.1) is 0 Å². The Morgan fingerprint density at radius 2 is 1.62 bits per heavy atom. The molecule has 6 heteroatoms. The van der Waals surface area contributed by atoms with Crippen molar-refractivity contribution >= 4 is 18.1 Å². The highest BCUT2D eigenvalue weighted by molar-refractivity contribution is 5.98. The third-order valence-corrected chi connectivity index (χ3v) is 1.74. The molecule has 0 amide bonds. The highest BCUT2D eigenvalue weighted by atomic mass is 16.7. The summed E-state index contributed by atoms with van der Waals surface area (Å²) in [5.41, 5.74) is 0.314. The summed E-state index contributed by atoms with van der Waals surface area (Å²) in [4.78, 5) is 32.0. The number of carbonyl (C=O) groups is 3. The van der Waals surface area contributed by atoms with E-state index in [4.69, 9.17) is 10.2 Å². The van der Waals surface area contributed by atoms with Crippen LogP contribution in [0.2, 0.25) is 0 Å². The van der Waals surface area contributed by atoms with Gasteiger partial charge in [-0.2, -0.15) is 0 Å². The molecule has 2 N–H and O–H groups in total. The van der Waals surface area contributed by atoms with E-state index in [1.54, 1.807) is 6.92 Å². The Balaban J connectivity index is 3.09. The molecule has 16 heavy (non-hydrogen) atoms. The second-order valence-electron chi connectivity index (χ2n) is 3.05. The Kier molecular flexibility index (Phi) is 3.24. The number of hydrogen-bond acceptors (Lipinski definition) is 4. The molecule has 6 nitrogen and oxygen atoms in total. The molecule has 0 saturated heterocycles. The number of aromatic carboxylic acids is 1. The predicted octanol–water partition coefficient (Wildman–Crippen LogP) is 1.53. The molecule has 0 aliphatic rings. The zero-order valence-corrected chi connectivity index (χ0v) is 8.26. The van der Waals surface area contributed by atoms with Crippen LogP contribution in [0.25, 0.3) is 0 Å². The number of carbonyl (C=O) groups excluding carboxylic acids is 1. The van der Waals surface area contributed by atoms with Crippen molar-refractivity contribution < 1.29 is 29.3 Å². The lowest BCUT2D eigenvalue weighted by Crippen LogP contribution is -2.11. The first-order chi connectivity index (χ1) is 7.40. The summed E-state index contributed by atoms with van der Waals surface area (Å²) in [7, 11) is 0. The minimum Gasteiger partial charge on any atom is -0.478 e. The molecule has 0 fully saturated rings. The van der Waals surface area contributed by atoms with Crippen LogP contribution in [0.3, 0.4) is 0 Å². The summed E-state index contributed by atoms with van der Waals surface area (Å²) in [5.74, 6) is -2.30. The minimum atomic E-state index is -1.73. The summed E-state index contributed by atoms with van der Waals surface area (Å²) in [6.07, 6.45) is -1.73. The molecule has 0 unspecified atom stereocenters. The average Bonchev–Trinajstić information content (AvgIpc) is 2.15. The molecular formula is C10H8O6. The van der Waals surface area contributed by atoms with Gasteiger partial charge < -0.3 is 14.9 Å². The molecule has 0 radical (unpaired) electrons. The van der Waals surface area contributed by atoms with Crippen molar-refractivity contribution in [3.05, 3.63) is 34.9 Å². The second-order valence-corrected chi connectivity index (χ2v) is 3.05. The number of esters is 1. The third kappa shape index (κ3) is 2.81. The summed E-state index contributed by atoms with van der Waals surface area (Å²) in [6, 6.07) is 3.76. The first-order valence-corrected chi connectivity index (χ1v) is 4.20. The minimum absolute atomic E-state index is 0.0997. The van der Waals surface area contributed by atoms with E-state index in [0.717, 1.165) is 6.07 Å². The molecule has 84 valence electrons. The van der Waals surface area contributed by atoms with Gasteiger partial charge in [-0.05, 0) is 30.7 Å². The van der Waals surface area contributed by atoms with Crippen LogP contribution in [0, 0.1) is 6.92 Å². The highest BCUT2D eigenvalue weighted by Crippen LogP contribution is 2.11. The fourth-order valence-corrected chi connectivity index (χ4v) is 1.16. The molecule has 1 rings (SSSR count). The number of aryl methyl sites for hydroxylation is 1. The maximum Gasteiger partial charge on any atom is 0.513 e.